The number of fused-ring (bicyclic) bond motifs is 1. The van der Waals surface area contributed by atoms with Gasteiger partial charge in [0, 0.05) is 39.3 Å². The summed E-state index contributed by atoms with van der Waals surface area (Å²) in [4.78, 5) is 32.6. The molecule has 28 heavy (non-hydrogen) atoms. The third-order valence-electron chi connectivity index (χ3n) is 5.65. The van der Waals surface area contributed by atoms with Gasteiger partial charge in [0.2, 0.25) is 5.91 Å². The second kappa shape index (κ2) is 8.01. The highest BCUT2D eigenvalue weighted by Crippen LogP contribution is 2.23. The number of amides is 2. The molecule has 0 N–H and O–H groups in total. The van der Waals surface area contributed by atoms with Crippen molar-refractivity contribution in [1.29, 1.82) is 0 Å². The molecule has 3 heterocycles. The molecule has 1 atom stereocenters. The van der Waals surface area contributed by atoms with Crippen molar-refractivity contribution < 1.29 is 14.0 Å². The van der Waals surface area contributed by atoms with Crippen molar-refractivity contribution in [1.82, 2.24) is 14.7 Å². The van der Waals surface area contributed by atoms with Gasteiger partial charge in [-0.2, -0.15) is 0 Å². The molecule has 0 aliphatic carbocycles. The summed E-state index contributed by atoms with van der Waals surface area (Å²) in [5.41, 5.74) is 1.94. The van der Waals surface area contributed by atoms with Gasteiger partial charge in [0.1, 0.15) is 5.82 Å². The molecule has 0 bridgehead atoms. The minimum atomic E-state index is -0.269. The van der Waals surface area contributed by atoms with Crippen molar-refractivity contribution in [3.8, 4) is 0 Å². The Morgan fingerprint density at radius 1 is 1.11 bits per heavy atom. The van der Waals surface area contributed by atoms with Crippen LogP contribution in [0.5, 0.6) is 0 Å². The van der Waals surface area contributed by atoms with Gasteiger partial charge < -0.3 is 9.80 Å². The number of hydrogen-bond acceptors (Lipinski definition) is 4. The molecule has 1 aromatic carbocycles. The lowest BCUT2D eigenvalue weighted by molar-refractivity contribution is -0.142. The minimum absolute atomic E-state index is 0.0722. The zero-order chi connectivity index (χ0) is 19.7. The fourth-order valence-electron chi connectivity index (χ4n) is 4.00. The molecule has 1 aromatic heterocycles. The quantitative estimate of drug-likeness (QED) is 0.794. The van der Waals surface area contributed by atoms with E-state index in [1.165, 1.54) is 23.5 Å². The van der Waals surface area contributed by atoms with Gasteiger partial charge >= 0.3 is 0 Å². The Kier molecular flexibility index (Phi) is 5.46. The lowest BCUT2D eigenvalue weighted by Gasteiger charge is -2.39. The SMILES string of the molecule is Cc1ccsc1C(=O)N1CCC2C(=O)N(Cc3ccc(F)cc3)CCN2CC1. The molecule has 2 amide bonds. The molecule has 2 aliphatic rings. The normalized spacial score (nSPS) is 20.8. The molecule has 2 fully saturated rings. The Hall–Kier alpha value is -2.25. The Morgan fingerprint density at radius 3 is 2.57 bits per heavy atom. The molecular formula is C21H24FN3O2S. The molecule has 0 spiro atoms. The number of hydrogen-bond donors (Lipinski definition) is 0. The molecule has 2 aliphatic heterocycles. The van der Waals surface area contributed by atoms with Crippen LogP contribution in [0.25, 0.3) is 0 Å². The smallest absolute Gasteiger partial charge is 0.264 e. The monoisotopic (exact) mass is 401 g/mol. The topological polar surface area (TPSA) is 43.9 Å². The minimum Gasteiger partial charge on any atom is -0.337 e. The Bertz CT molecular complexity index is 867. The van der Waals surface area contributed by atoms with E-state index in [0.29, 0.717) is 32.6 Å². The van der Waals surface area contributed by atoms with Crippen molar-refractivity contribution in [2.75, 3.05) is 32.7 Å². The molecule has 2 saturated heterocycles. The standard InChI is InChI=1S/C21H24FN3O2S/c1-15-7-13-28-19(15)21(27)24-8-6-18-20(26)25(12-10-23(18)9-11-24)14-16-2-4-17(22)5-3-16/h2-5,7,13,18H,6,8-12,14H2,1H3. The van der Waals surface area contributed by atoms with Crippen LogP contribution in [0.4, 0.5) is 4.39 Å². The van der Waals surface area contributed by atoms with Gasteiger partial charge in [0.25, 0.3) is 5.91 Å². The third kappa shape index (κ3) is 3.82. The Labute approximate surface area is 168 Å². The summed E-state index contributed by atoms with van der Waals surface area (Å²) in [7, 11) is 0. The highest BCUT2D eigenvalue weighted by molar-refractivity contribution is 7.12. The van der Waals surface area contributed by atoms with E-state index in [-0.39, 0.29) is 23.7 Å². The summed E-state index contributed by atoms with van der Waals surface area (Å²) in [5, 5.41) is 1.94. The van der Waals surface area contributed by atoms with Crippen molar-refractivity contribution in [3.63, 3.8) is 0 Å². The van der Waals surface area contributed by atoms with Crippen LogP contribution in [0.15, 0.2) is 35.7 Å². The Balaban J connectivity index is 1.42. The van der Waals surface area contributed by atoms with Crippen LogP contribution in [-0.2, 0) is 11.3 Å². The van der Waals surface area contributed by atoms with Gasteiger partial charge in [0.05, 0.1) is 10.9 Å². The number of thiophene rings is 1. The predicted octanol–water partition coefficient (Wildman–Crippen LogP) is 2.75. The second-order valence-electron chi connectivity index (χ2n) is 7.45. The number of rotatable bonds is 3. The lowest BCUT2D eigenvalue weighted by Crippen LogP contribution is -2.56. The first-order valence-electron chi connectivity index (χ1n) is 9.63. The van der Waals surface area contributed by atoms with E-state index in [2.05, 4.69) is 4.90 Å². The third-order valence-corrected chi connectivity index (χ3v) is 6.66. The first-order chi connectivity index (χ1) is 13.5. The van der Waals surface area contributed by atoms with Crippen molar-refractivity contribution in [2.24, 2.45) is 0 Å². The average Bonchev–Trinajstić information content (AvgIpc) is 2.99. The van der Waals surface area contributed by atoms with Gasteiger partial charge in [0.15, 0.2) is 0 Å². The summed E-state index contributed by atoms with van der Waals surface area (Å²) >= 11 is 1.48. The number of nitrogens with zero attached hydrogens (tertiary/aromatic N) is 3. The molecule has 4 rings (SSSR count). The number of halogens is 1. The van der Waals surface area contributed by atoms with Crippen LogP contribution in [0.2, 0.25) is 0 Å². The van der Waals surface area contributed by atoms with E-state index in [9.17, 15) is 14.0 Å². The van der Waals surface area contributed by atoms with Crippen molar-refractivity contribution in [2.45, 2.75) is 25.9 Å². The molecule has 148 valence electrons. The Morgan fingerprint density at radius 2 is 1.86 bits per heavy atom. The summed E-state index contributed by atoms with van der Waals surface area (Å²) in [6.45, 7) is 5.88. The summed E-state index contributed by atoms with van der Waals surface area (Å²) in [5.74, 6) is -0.0884. The maximum atomic E-state index is 13.1. The predicted molar refractivity (Wildman–Crippen MR) is 107 cm³/mol. The summed E-state index contributed by atoms with van der Waals surface area (Å²) < 4.78 is 13.1. The average molecular weight is 402 g/mol. The maximum absolute atomic E-state index is 13.1. The van der Waals surface area contributed by atoms with E-state index in [1.54, 1.807) is 12.1 Å². The van der Waals surface area contributed by atoms with Crippen LogP contribution in [0.1, 0.15) is 27.2 Å². The highest BCUT2D eigenvalue weighted by Gasteiger charge is 2.37. The van der Waals surface area contributed by atoms with Crippen LogP contribution in [0.3, 0.4) is 0 Å². The van der Waals surface area contributed by atoms with Crippen LogP contribution in [-0.4, -0.2) is 65.3 Å². The number of carbonyl (C=O) groups excluding carboxylic acids is 2. The summed E-state index contributed by atoms with van der Waals surface area (Å²) in [6.07, 6.45) is 0.648. The lowest BCUT2D eigenvalue weighted by atomic mass is 10.1. The first-order valence-corrected chi connectivity index (χ1v) is 10.5. The van der Waals surface area contributed by atoms with Gasteiger partial charge in [-0.3, -0.25) is 14.5 Å². The van der Waals surface area contributed by atoms with Gasteiger partial charge in [-0.25, -0.2) is 4.39 Å². The van der Waals surface area contributed by atoms with E-state index in [0.717, 1.165) is 29.1 Å². The van der Waals surface area contributed by atoms with Gasteiger partial charge in [-0.05, 0) is 48.1 Å². The second-order valence-corrected chi connectivity index (χ2v) is 8.37. The number of piperazine rings is 1. The first kappa shape index (κ1) is 19.1. The molecule has 0 radical (unpaired) electrons. The van der Waals surface area contributed by atoms with Gasteiger partial charge in [-0.15, -0.1) is 11.3 Å². The number of benzene rings is 1. The zero-order valence-corrected chi connectivity index (χ0v) is 16.8. The van der Waals surface area contributed by atoms with E-state index in [4.69, 9.17) is 0 Å². The molecule has 0 saturated carbocycles. The maximum Gasteiger partial charge on any atom is 0.264 e. The van der Waals surface area contributed by atoms with Crippen LogP contribution < -0.4 is 0 Å². The van der Waals surface area contributed by atoms with Crippen LogP contribution >= 0.6 is 11.3 Å². The van der Waals surface area contributed by atoms with Crippen molar-refractivity contribution >= 4 is 23.2 Å². The van der Waals surface area contributed by atoms with E-state index < -0.39 is 0 Å². The fourth-order valence-corrected chi connectivity index (χ4v) is 4.89. The number of carbonyl (C=O) groups is 2. The molecule has 1 unspecified atom stereocenters. The highest BCUT2D eigenvalue weighted by atomic mass is 32.1. The van der Waals surface area contributed by atoms with E-state index >= 15 is 0 Å². The largest absolute Gasteiger partial charge is 0.337 e. The molecule has 7 heteroatoms. The molecular weight excluding hydrogens is 377 g/mol. The fraction of sp³-hybridized carbons (Fsp3) is 0.429. The van der Waals surface area contributed by atoms with Crippen molar-refractivity contribution in [3.05, 3.63) is 57.5 Å². The van der Waals surface area contributed by atoms with E-state index in [1.807, 2.05) is 28.2 Å². The number of aryl methyl sites for hydroxylation is 1. The zero-order valence-electron chi connectivity index (χ0n) is 15.9. The molecule has 2 aromatic rings. The molecule has 5 nitrogen and oxygen atoms in total. The summed E-state index contributed by atoms with van der Waals surface area (Å²) in [6, 6.07) is 8.10. The van der Waals surface area contributed by atoms with Crippen LogP contribution in [0, 0.1) is 12.7 Å². The van der Waals surface area contributed by atoms with Gasteiger partial charge in [-0.1, -0.05) is 12.1 Å².